The van der Waals surface area contributed by atoms with E-state index in [1.807, 2.05) is 37.5 Å². The molecule has 1 heterocycles. The molecule has 1 unspecified atom stereocenters. The number of hydrogen-bond acceptors (Lipinski definition) is 3. The molecule has 2 aromatic rings. The average molecular weight is 526 g/mol. The number of benzene rings is 1. The van der Waals surface area contributed by atoms with Crippen molar-refractivity contribution < 1.29 is 23.1 Å². The predicted octanol–water partition coefficient (Wildman–Crippen LogP) is 6.89. The SMILES string of the molecule is CCCC(Cn1cc(C(=O)NCC2CCC(F)(F)CC2)c2c(Cl)cccc21)N(C)C(=O)OC(C)(C)C. The van der Waals surface area contributed by atoms with Gasteiger partial charge >= 0.3 is 6.09 Å². The van der Waals surface area contributed by atoms with E-state index in [1.54, 1.807) is 24.2 Å². The number of ether oxygens (including phenoxy) is 1. The Labute approximate surface area is 217 Å². The van der Waals surface area contributed by atoms with Crippen LogP contribution in [0, 0.1) is 5.92 Å². The fourth-order valence-corrected chi connectivity index (χ4v) is 4.99. The highest BCUT2D eigenvalue weighted by molar-refractivity contribution is 6.36. The number of alkyl halides is 2. The molecule has 1 saturated carbocycles. The lowest BCUT2D eigenvalue weighted by molar-refractivity contribution is -0.0452. The first-order valence-electron chi connectivity index (χ1n) is 12.7. The van der Waals surface area contributed by atoms with Gasteiger partial charge in [0.15, 0.2) is 0 Å². The third-order valence-corrected chi connectivity index (χ3v) is 7.06. The molecular formula is C27H38ClF2N3O3. The van der Waals surface area contributed by atoms with Crippen LogP contribution < -0.4 is 5.32 Å². The van der Waals surface area contributed by atoms with Crippen LogP contribution in [0.1, 0.15) is 76.6 Å². The first-order valence-corrected chi connectivity index (χ1v) is 13.1. The van der Waals surface area contributed by atoms with E-state index in [-0.39, 0.29) is 30.7 Å². The molecule has 36 heavy (non-hydrogen) atoms. The summed E-state index contributed by atoms with van der Waals surface area (Å²) in [5.41, 5.74) is 0.630. The summed E-state index contributed by atoms with van der Waals surface area (Å²) in [7, 11) is 1.73. The summed E-state index contributed by atoms with van der Waals surface area (Å²) >= 11 is 6.52. The molecule has 2 amide bonds. The fraction of sp³-hybridized carbons (Fsp3) is 0.630. The molecule has 200 valence electrons. The Hall–Kier alpha value is -2.35. The lowest BCUT2D eigenvalue weighted by Gasteiger charge is -2.31. The zero-order chi connectivity index (χ0) is 26.7. The summed E-state index contributed by atoms with van der Waals surface area (Å²) in [6, 6.07) is 5.32. The molecule has 1 aliphatic rings. The number of nitrogens with one attached hydrogen (secondary N) is 1. The summed E-state index contributed by atoms with van der Waals surface area (Å²) in [6.07, 6.45) is 3.51. The van der Waals surface area contributed by atoms with Crippen LogP contribution in [0.3, 0.4) is 0 Å². The second kappa shape index (κ2) is 11.4. The van der Waals surface area contributed by atoms with Crippen molar-refractivity contribution in [2.45, 2.75) is 90.3 Å². The highest BCUT2D eigenvalue weighted by atomic mass is 35.5. The van der Waals surface area contributed by atoms with Crippen LogP contribution in [-0.4, -0.2) is 52.6 Å². The van der Waals surface area contributed by atoms with E-state index in [0.29, 0.717) is 41.9 Å². The van der Waals surface area contributed by atoms with E-state index in [1.165, 1.54) is 0 Å². The van der Waals surface area contributed by atoms with Crippen LogP contribution in [0.5, 0.6) is 0 Å². The number of halogens is 3. The third-order valence-electron chi connectivity index (χ3n) is 6.75. The Kier molecular flexibility index (Phi) is 8.91. The minimum Gasteiger partial charge on any atom is -0.444 e. The van der Waals surface area contributed by atoms with Crippen LogP contribution in [0.2, 0.25) is 5.02 Å². The summed E-state index contributed by atoms with van der Waals surface area (Å²) in [4.78, 5) is 27.5. The van der Waals surface area contributed by atoms with Crippen molar-refractivity contribution in [3.8, 4) is 0 Å². The maximum absolute atomic E-state index is 13.5. The van der Waals surface area contributed by atoms with Gasteiger partial charge in [0.25, 0.3) is 5.91 Å². The number of aromatic nitrogens is 1. The molecule has 6 nitrogen and oxygen atoms in total. The van der Waals surface area contributed by atoms with Crippen LogP contribution in [0.25, 0.3) is 10.9 Å². The van der Waals surface area contributed by atoms with Crippen molar-refractivity contribution in [2.24, 2.45) is 5.92 Å². The zero-order valence-corrected chi connectivity index (χ0v) is 22.6. The van der Waals surface area contributed by atoms with Gasteiger partial charge < -0.3 is 19.5 Å². The molecule has 0 bridgehead atoms. The average Bonchev–Trinajstić information content (AvgIpc) is 3.16. The first kappa shape index (κ1) is 28.2. The van der Waals surface area contributed by atoms with Gasteiger partial charge in [-0.15, -0.1) is 0 Å². The summed E-state index contributed by atoms with van der Waals surface area (Å²) < 4.78 is 34.5. The third kappa shape index (κ3) is 7.11. The number of rotatable bonds is 8. The summed E-state index contributed by atoms with van der Waals surface area (Å²) in [6.45, 7) is 8.37. The van der Waals surface area contributed by atoms with Crippen molar-refractivity contribution in [1.29, 1.82) is 0 Å². The van der Waals surface area contributed by atoms with E-state index in [4.69, 9.17) is 16.3 Å². The number of carbonyl (C=O) groups is 2. The van der Waals surface area contributed by atoms with Crippen molar-refractivity contribution >= 4 is 34.5 Å². The summed E-state index contributed by atoms with van der Waals surface area (Å²) in [5, 5.41) is 4.03. The van der Waals surface area contributed by atoms with Crippen molar-refractivity contribution in [2.75, 3.05) is 13.6 Å². The molecule has 1 aromatic carbocycles. The number of hydrogen-bond donors (Lipinski definition) is 1. The van der Waals surface area contributed by atoms with E-state index in [0.717, 1.165) is 18.4 Å². The van der Waals surface area contributed by atoms with Gasteiger partial charge in [-0.25, -0.2) is 13.6 Å². The van der Waals surface area contributed by atoms with Gasteiger partial charge in [0.1, 0.15) is 5.60 Å². The Morgan fingerprint density at radius 1 is 1.28 bits per heavy atom. The molecule has 1 N–H and O–H groups in total. The van der Waals surface area contributed by atoms with E-state index in [9.17, 15) is 18.4 Å². The molecule has 1 fully saturated rings. The first-order chi connectivity index (χ1) is 16.8. The van der Waals surface area contributed by atoms with Gasteiger partial charge in [0, 0.05) is 44.6 Å². The van der Waals surface area contributed by atoms with E-state index in [2.05, 4.69) is 12.2 Å². The normalized spacial score (nSPS) is 17.1. The number of fused-ring (bicyclic) bond motifs is 1. The van der Waals surface area contributed by atoms with Crippen molar-refractivity contribution in [3.63, 3.8) is 0 Å². The summed E-state index contributed by atoms with van der Waals surface area (Å²) in [5.74, 6) is -2.84. The lowest BCUT2D eigenvalue weighted by Crippen LogP contribution is -2.42. The molecule has 0 aliphatic heterocycles. The minimum atomic E-state index is -2.59. The second-order valence-electron chi connectivity index (χ2n) is 10.9. The lowest BCUT2D eigenvalue weighted by atomic mass is 9.87. The van der Waals surface area contributed by atoms with Crippen LogP contribution in [0.15, 0.2) is 24.4 Å². The molecule has 0 radical (unpaired) electrons. The Morgan fingerprint density at radius 2 is 1.94 bits per heavy atom. The molecule has 1 aromatic heterocycles. The largest absolute Gasteiger partial charge is 0.444 e. The van der Waals surface area contributed by atoms with Gasteiger partial charge in [-0.1, -0.05) is 31.0 Å². The van der Waals surface area contributed by atoms with E-state index < -0.39 is 17.6 Å². The monoisotopic (exact) mass is 525 g/mol. The molecule has 1 aliphatic carbocycles. The van der Waals surface area contributed by atoms with E-state index >= 15 is 0 Å². The topological polar surface area (TPSA) is 63.6 Å². The number of amides is 2. The molecule has 3 rings (SSSR count). The van der Waals surface area contributed by atoms with Gasteiger partial charge in [0.2, 0.25) is 5.92 Å². The highest BCUT2D eigenvalue weighted by Gasteiger charge is 2.35. The van der Waals surface area contributed by atoms with Crippen molar-refractivity contribution in [3.05, 3.63) is 35.0 Å². The number of nitrogens with zero attached hydrogens (tertiary/aromatic N) is 2. The van der Waals surface area contributed by atoms with Crippen LogP contribution in [-0.2, 0) is 11.3 Å². The molecule has 0 saturated heterocycles. The number of carbonyl (C=O) groups excluding carboxylic acids is 2. The maximum atomic E-state index is 13.5. The highest BCUT2D eigenvalue weighted by Crippen LogP contribution is 2.36. The Balaban J connectivity index is 1.81. The number of likely N-dealkylation sites (N-methyl/N-ethyl adjacent to an activating group) is 1. The van der Waals surface area contributed by atoms with Gasteiger partial charge in [0.05, 0.1) is 22.1 Å². The van der Waals surface area contributed by atoms with Crippen LogP contribution >= 0.6 is 11.6 Å². The van der Waals surface area contributed by atoms with Gasteiger partial charge in [-0.2, -0.15) is 0 Å². The van der Waals surface area contributed by atoms with Crippen molar-refractivity contribution in [1.82, 2.24) is 14.8 Å². The predicted molar refractivity (Wildman–Crippen MR) is 139 cm³/mol. The molecular weight excluding hydrogens is 488 g/mol. The van der Waals surface area contributed by atoms with Crippen LogP contribution in [0.4, 0.5) is 13.6 Å². The smallest absolute Gasteiger partial charge is 0.410 e. The van der Waals surface area contributed by atoms with Gasteiger partial charge in [-0.05, 0) is 58.1 Å². The second-order valence-corrected chi connectivity index (χ2v) is 11.3. The quantitative estimate of drug-likeness (QED) is 0.408. The fourth-order valence-electron chi connectivity index (χ4n) is 4.72. The minimum absolute atomic E-state index is 0.0359. The molecule has 1 atom stereocenters. The van der Waals surface area contributed by atoms with Gasteiger partial charge in [-0.3, -0.25) is 4.79 Å². The standard InChI is InChI=1S/C27H38ClF2N3O3/c1-6-8-19(32(5)25(35)36-26(2,3)4)16-33-17-20(23-21(28)9-7-10-22(23)33)24(34)31-15-18-11-13-27(29,30)14-12-18/h7,9-10,17-19H,6,8,11-16H2,1-5H3,(H,31,34). The molecule has 9 heteroatoms. The maximum Gasteiger partial charge on any atom is 0.410 e. The molecule has 0 spiro atoms. The zero-order valence-electron chi connectivity index (χ0n) is 21.9. The Morgan fingerprint density at radius 3 is 2.56 bits per heavy atom. The Bertz CT molecular complexity index is 1070.